The molecule has 0 fully saturated rings. The summed E-state index contributed by atoms with van der Waals surface area (Å²) in [5.74, 6) is -0.617. The molecule has 0 heterocycles. The fourth-order valence-corrected chi connectivity index (χ4v) is 2.23. The molecule has 0 aliphatic rings. The lowest BCUT2D eigenvalue weighted by Gasteiger charge is -2.21. The number of alkyl halides is 3. The molecule has 1 rings (SSSR count). The van der Waals surface area contributed by atoms with Gasteiger partial charge in [0.05, 0.1) is 11.1 Å². The zero-order valence-corrected chi connectivity index (χ0v) is 13.8. The summed E-state index contributed by atoms with van der Waals surface area (Å²) in [4.78, 5) is 15.5. The molecule has 3 nitrogen and oxygen atoms in total. The molecule has 1 aromatic carbocycles. The van der Waals surface area contributed by atoms with Gasteiger partial charge in [-0.2, -0.15) is 13.2 Å². The molecular formula is C14H18BrF3N2O. The zero-order chi connectivity index (χ0) is 16.2. The van der Waals surface area contributed by atoms with E-state index in [0.717, 1.165) is 12.6 Å². The highest BCUT2D eigenvalue weighted by atomic mass is 79.9. The van der Waals surface area contributed by atoms with Crippen molar-refractivity contribution in [3.8, 4) is 0 Å². The van der Waals surface area contributed by atoms with Gasteiger partial charge in [0.15, 0.2) is 0 Å². The average Bonchev–Trinajstić information content (AvgIpc) is 2.36. The first-order valence-corrected chi connectivity index (χ1v) is 7.19. The number of carbonyl (C=O) groups excluding carboxylic acids is 1. The molecule has 0 spiro atoms. The van der Waals surface area contributed by atoms with Crippen molar-refractivity contribution in [1.82, 2.24) is 9.80 Å². The molecule has 7 heteroatoms. The highest BCUT2D eigenvalue weighted by molar-refractivity contribution is 9.10. The minimum Gasteiger partial charge on any atom is -0.342 e. The van der Waals surface area contributed by atoms with E-state index in [2.05, 4.69) is 15.9 Å². The van der Waals surface area contributed by atoms with Gasteiger partial charge in [0.25, 0.3) is 5.91 Å². The largest absolute Gasteiger partial charge is 0.417 e. The number of benzene rings is 1. The van der Waals surface area contributed by atoms with E-state index in [-0.39, 0.29) is 5.56 Å². The third-order valence-corrected chi connectivity index (χ3v) is 3.46. The first-order chi connectivity index (χ1) is 9.62. The molecule has 118 valence electrons. The third kappa shape index (κ3) is 5.32. The average molecular weight is 367 g/mol. The second-order valence-electron chi connectivity index (χ2n) is 5.07. The Labute approximate surface area is 130 Å². The maximum Gasteiger partial charge on any atom is 0.417 e. The highest BCUT2D eigenvalue weighted by Gasteiger charge is 2.36. The van der Waals surface area contributed by atoms with E-state index >= 15 is 0 Å². The van der Waals surface area contributed by atoms with Gasteiger partial charge in [0, 0.05) is 18.1 Å². The van der Waals surface area contributed by atoms with Crippen LogP contribution in [0.25, 0.3) is 0 Å². The maximum absolute atomic E-state index is 13.0. The molecule has 0 saturated heterocycles. The first kappa shape index (κ1) is 18.0. The van der Waals surface area contributed by atoms with Crippen LogP contribution < -0.4 is 0 Å². The number of carbonyl (C=O) groups is 1. The van der Waals surface area contributed by atoms with Gasteiger partial charge in [-0.3, -0.25) is 4.79 Å². The van der Waals surface area contributed by atoms with E-state index in [9.17, 15) is 18.0 Å². The molecule has 0 unspecified atom stereocenters. The molecule has 21 heavy (non-hydrogen) atoms. The Morgan fingerprint density at radius 2 is 1.81 bits per heavy atom. The van der Waals surface area contributed by atoms with E-state index in [1.807, 2.05) is 19.0 Å². The molecule has 0 aliphatic carbocycles. The van der Waals surface area contributed by atoms with Gasteiger partial charge in [-0.25, -0.2) is 0 Å². The Kier molecular flexibility index (Phi) is 6.22. The van der Waals surface area contributed by atoms with Crippen molar-refractivity contribution in [3.63, 3.8) is 0 Å². The van der Waals surface area contributed by atoms with Crippen LogP contribution in [0.1, 0.15) is 22.3 Å². The zero-order valence-electron chi connectivity index (χ0n) is 12.2. The van der Waals surface area contributed by atoms with Crippen LogP contribution >= 0.6 is 15.9 Å². The van der Waals surface area contributed by atoms with Crippen molar-refractivity contribution in [3.05, 3.63) is 33.8 Å². The summed E-state index contributed by atoms with van der Waals surface area (Å²) in [6, 6.07) is 3.58. The molecule has 0 saturated carbocycles. The van der Waals surface area contributed by atoms with E-state index in [1.54, 1.807) is 0 Å². The smallest absolute Gasteiger partial charge is 0.342 e. The summed E-state index contributed by atoms with van der Waals surface area (Å²) < 4.78 is 39.3. The number of hydrogen-bond acceptors (Lipinski definition) is 2. The van der Waals surface area contributed by atoms with E-state index < -0.39 is 17.6 Å². The predicted octanol–water partition coefficient (Wildman–Crippen LogP) is 3.49. The molecule has 0 aliphatic heterocycles. The molecule has 0 atom stereocenters. The number of halogens is 4. The summed E-state index contributed by atoms with van der Waals surface area (Å²) in [7, 11) is 5.32. The van der Waals surface area contributed by atoms with Crippen LogP contribution in [0.2, 0.25) is 0 Å². The van der Waals surface area contributed by atoms with Crippen molar-refractivity contribution < 1.29 is 18.0 Å². The number of amides is 1. The van der Waals surface area contributed by atoms with Crippen LogP contribution in [0.4, 0.5) is 13.2 Å². The third-order valence-electron chi connectivity index (χ3n) is 2.96. The molecule has 1 aromatic rings. The quantitative estimate of drug-likeness (QED) is 0.796. The van der Waals surface area contributed by atoms with Gasteiger partial charge in [0.2, 0.25) is 0 Å². The summed E-state index contributed by atoms with van der Waals surface area (Å²) in [6.45, 7) is 1.18. The SMILES string of the molecule is CN(C)CCCN(C)C(=O)c1ccc(Br)cc1C(F)(F)F. The van der Waals surface area contributed by atoms with Crippen molar-refractivity contribution >= 4 is 21.8 Å². The van der Waals surface area contributed by atoms with Crippen LogP contribution in [0.3, 0.4) is 0 Å². The Morgan fingerprint density at radius 1 is 1.19 bits per heavy atom. The van der Waals surface area contributed by atoms with Gasteiger partial charge < -0.3 is 9.80 Å². The number of nitrogens with zero attached hydrogens (tertiary/aromatic N) is 2. The van der Waals surface area contributed by atoms with Crippen molar-refractivity contribution in [2.45, 2.75) is 12.6 Å². The Bertz CT molecular complexity index is 503. The summed E-state index contributed by atoms with van der Waals surface area (Å²) in [6.07, 6.45) is -3.85. The normalized spacial score (nSPS) is 11.8. The highest BCUT2D eigenvalue weighted by Crippen LogP contribution is 2.34. The molecular weight excluding hydrogens is 349 g/mol. The van der Waals surface area contributed by atoms with Gasteiger partial charge >= 0.3 is 6.18 Å². The van der Waals surface area contributed by atoms with Crippen LogP contribution in [0, 0.1) is 0 Å². The van der Waals surface area contributed by atoms with E-state index in [4.69, 9.17) is 0 Å². The van der Waals surface area contributed by atoms with Crippen LogP contribution in [0.15, 0.2) is 22.7 Å². The van der Waals surface area contributed by atoms with Crippen LogP contribution in [-0.2, 0) is 6.18 Å². The van der Waals surface area contributed by atoms with E-state index in [1.165, 1.54) is 24.1 Å². The van der Waals surface area contributed by atoms with Gasteiger partial charge in [-0.15, -0.1) is 0 Å². The van der Waals surface area contributed by atoms with Gasteiger partial charge in [0.1, 0.15) is 0 Å². The lowest BCUT2D eigenvalue weighted by atomic mass is 10.1. The van der Waals surface area contributed by atoms with Crippen molar-refractivity contribution in [1.29, 1.82) is 0 Å². The van der Waals surface area contributed by atoms with Crippen molar-refractivity contribution in [2.24, 2.45) is 0 Å². The standard InChI is InChI=1S/C14H18BrF3N2O/c1-19(2)7-4-8-20(3)13(21)11-6-5-10(15)9-12(11)14(16,17)18/h5-6,9H,4,7-8H2,1-3H3. The Hall–Kier alpha value is -1.08. The van der Waals surface area contributed by atoms with Crippen LogP contribution in [0.5, 0.6) is 0 Å². The summed E-state index contributed by atoms with van der Waals surface area (Å²) >= 11 is 3.00. The second-order valence-corrected chi connectivity index (χ2v) is 5.99. The summed E-state index contributed by atoms with van der Waals surface area (Å²) in [5.41, 5.74) is -1.24. The number of rotatable bonds is 5. The van der Waals surface area contributed by atoms with Gasteiger partial charge in [-0.05, 0) is 45.3 Å². The Balaban J connectivity index is 2.92. The molecule has 0 aromatic heterocycles. The topological polar surface area (TPSA) is 23.6 Å². The van der Waals surface area contributed by atoms with Gasteiger partial charge in [-0.1, -0.05) is 15.9 Å². The molecule has 1 amide bonds. The molecule has 0 radical (unpaired) electrons. The monoisotopic (exact) mass is 366 g/mol. The Morgan fingerprint density at radius 3 is 2.33 bits per heavy atom. The summed E-state index contributed by atoms with van der Waals surface area (Å²) in [5, 5.41) is 0. The second kappa shape index (κ2) is 7.26. The fourth-order valence-electron chi connectivity index (χ4n) is 1.87. The lowest BCUT2D eigenvalue weighted by Crippen LogP contribution is -2.31. The van der Waals surface area contributed by atoms with Crippen molar-refractivity contribution in [2.75, 3.05) is 34.2 Å². The molecule has 0 bridgehead atoms. The lowest BCUT2D eigenvalue weighted by molar-refractivity contribution is -0.138. The number of hydrogen-bond donors (Lipinski definition) is 0. The van der Waals surface area contributed by atoms with E-state index in [0.29, 0.717) is 17.4 Å². The fraction of sp³-hybridized carbons (Fsp3) is 0.500. The molecule has 0 N–H and O–H groups in total. The minimum absolute atomic E-state index is 0.293. The predicted molar refractivity (Wildman–Crippen MR) is 79.3 cm³/mol. The first-order valence-electron chi connectivity index (χ1n) is 6.40. The van der Waals surface area contributed by atoms with Crippen LogP contribution in [-0.4, -0.2) is 49.9 Å². The maximum atomic E-state index is 13.0. The minimum atomic E-state index is -4.56.